The van der Waals surface area contributed by atoms with Crippen LogP contribution in [-0.4, -0.2) is 24.0 Å². The lowest BCUT2D eigenvalue weighted by atomic mass is 9.58. The number of aryl methyl sites for hydroxylation is 1. The molecule has 8 atom stereocenters. The Kier molecular flexibility index (Phi) is 4.10. The van der Waals surface area contributed by atoms with E-state index in [-0.39, 0.29) is 18.1 Å². The molecule has 4 saturated heterocycles. The van der Waals surface area contributed by atoms with Gasteiger partial charge in [-0.25, -0.2) is 9.78 Å². The second-order valence-electron chi connectivity index (χ2n) is 9.20. The largest absolute Gasteiger partial charge is 0.465 e. The third-order valence-corrected chi connectivity index (χ3v) is 7.37. The van der Waals surface area contributed by atoms with Crippen LogP contribution in [0.1, 0.15) is 52.0 Å². The lowest BCUT2D eigenvalue weighted by Gasteiger charge is -2.60. The molecule has 0 unspecified atom stereocenters. The minimum atomic E-state index is -0.744. The maximum atomic E-state index is 6.44. The zero-order valence-electron chi connectivity index (χ0n) is 16.6. The minimum absolute atomic E-state index is 0.187. The van der Waals surface area contributed by atoms with Gasteiger partial charge in [0.2, 0.25) is 12.1 Å². The molecule has 4 heterocycles. The van der Waals surface area contributed by atoms with Crippen LogP contribution >= 0.6 is 0 Å². The molecule has 0 N–H and O–H groups in total. The summed E-state index contributed by atoms with van der Waals surface area (Å²) in [7, 11) is 0. The van der Waals surface area contributed by atoms with E-state index in [4.69, 9.17) is 24.0 Å². The molecule has 5 fully saturated rings. The normalized spacial score (nSPS) is 48.6. The van der Waals surface area contributed by atoms with Gasteiger partial charge in [-0.3, -0.25) is 0 Å². The van der Waals surface area contributed by atoms with Crippen LogP contribution in [0.5, 0.6) is 5.75 Å². The highest BCUT2D eigenvalue weighted by Crippen LogP contribution is 2.60. The van der Waals surface area contributed by atoms with Crippen LogP contribution in [0.2, 0.25) is 0 Å². The fourth-order valence-electron chi connectivity index (χ4n) is 5.76. The molecule has 2 bridgehead atoms. The fourth-order valence-corrected chi connectivity index (χ4v) is 5.76. The van der Waals surface area contributed by atoms with Gasteiger partial charge in [0.05, 0.1) is 0 Å². The van der Waals surface area contributed by atoms with Crippen molar-refractivity contribution in [2.24, 2.45) is 23.7 Å². The number of hydrogen-bond donors (Lipinski definition) is 0. The van der Waals surface area contributed by atoms with Gasteiger partial charge >= 0.3 is 0 Å². The Balaban J connectivity index is 1.48. The maximum Gasteiger partial charge on any atom is 0.205 e. The van der Waals surface area contributed by atoms with Gasteiger partial charge in [-0.05, 0) is 57.1 Å². The molecule has 5 aliphatic rings. The molecule has 0 aromatic heterocycles. The second kappa shape index (κ2) is 6.18. The first-order valence-corrected chi connectivity index (χ1v) is 10.3. The first kappa shape index (κ1) is 17.9. The van der Waals surface area contributed by atoms with Crippen LogP contribution in [0.25, 0.3) is 0 Å². The van der Waals surface area contributed by atoms with Crippen molar-refractivity contribution in [1.29, 1.82) is 0 Å². The minimum Gasteiger partial charge on any atom is -0.465 e. The molecular formula is C22H30O5. The Morgan fingerprint density at radius 1 is 1.00 bits per heavy atom. The molecule has 1 aromatic rings. The van der Waals surface area contributed by atoms with Crippen molar-refractivity contribution in [1.82, 2.24) is 0 Å². The van der Waals surface area contributed by atoms with E-state index in [0.29, 0.717) is 11.8 Å². The zero-order valence-corrected chi connectivity index (χ0v) is 16.6. The van der Waals surface area contributed by atoms with Crippen molar-refractivity contribution in [2.45, 2.75) is 77.3 Å². The Morgan fingerprint density at radius 2 is 1.78 bits per heavy atom. The van der Waals surface area contributed by atoms with E-state index in [2.05, 4.69) is 32.9 Å². The molecule has 1 spiro atoms. The van der Waals surface area contributed by atoms with Crippen LogP contribution in [0.15, 0.2) is 24.3 Å². The molecule has 27 heavy (non-hydrogen) atoms. The average molecular weight is 374 g/mol. The fraction of sp³-hybridized carbons (Fsp3) is 0.727. The Morgan fingerprint density at radius 3 is 2.56 bits per heavy atom. The molecule has 5 heteroatoms. The van der Waals surface area contributed by atoms with E-state index in [1.54, 1.807) is 0 Å². The third-order valence-electron chi connectivity index (χ3n) is 7.37. The predicted octanol–water partition coefficient (Wildman–Crippen LogP) is 4.58. The second-order valence-corrected chi connectivity index (χ2v) is 9.20. The van der Waals surface area contributed by atoms with E-state index in [0.717, 1.165) is 25.0 Å². The Hall–Kier alpha value is -1.14. The summed E-state index contributed by atoms with van der Waals surface area (Å²) in [5.41, 5.74) is 0.686. The molecule has 0 radical (unpaired) electrons. The third kappa shape index (κ3) is 2.66. The quantitative estimate of drug-likeness (QED) is 0.709. The van der Waals surface area contributed by atoms with Gasteiger partial charge in [0.1, 0.15) is 5.75 Å². The average Bonchev–Trinajstić information content (AvgIpc) is 2.87. The van der Waals surface area contributed by atoms with Gasteiger partial charge in [0.15, 0.2) is 11.9 Å². The van der Waals surface area contributed by atoms with Crippen LogP contribution in [-0.2, 0) is 19.2 Å². The van der Waals surface area contributed by atoms with Gasteiger partial charge in [0.25, 0.3) is 0 Å². The van der Waals surface area contributed by atoms with Crippen molar-refractivity contribution in [3.8, 4) is 5.75 Å². The molecule has 1 aliphatic carbocycles. The van der Waals surface area contributed by atoms with Crippen molar-refractivity contribution in [3.63, 3.8) is 0 Å². The van der Waals surface area contributed by atoms with E-state index >= 15 is 0 Å². The van der Waals surface area contributed by atoms with Crippen molar-refractivity contribution in [2.75, 3.05) is 0 Å². The van der Waals surface area contributed by atoms with Gasteiger partial charge in [-0.1, -0.05) is 31.5 Å². The lowest BCUT2D eigenvalue weighted by molar-refractivity contribution is -0.575. The topological polar surface area (TPSA) is 46.2 Å². The highest BCUT2D eigenvalue weighted by Gasteiger charge is 2.69. The molecule has 5 nitrogen and oxygen atoms in total. The maximum absolute atomic E-state index is 6.44. The van der Waals surface area contributed by atoms with Crippen LogP contribution in [0.4, 0.5) is 0 Å². The van der Waals surface area contributed by atoms with E-state index < -0.39 is 17.7 Å². The van der Waals surface area contributed by atoms with Gasteiger partial charge in [0, 0.05) is 18.3 Å². The van der Waals surface area contributed by atoms with Crippen LogP contribution in [0, 0.1) is 30.6 Å². The summed E-state index contributed by atoms with van der Waals surface area (Å²) < 4.78 is 19.1. The number of benzene rings is 1. The number of rotatable bonds is 2. The predicted molar refractivity (Wildman–Crippen MR) is 98.6 cm³/mol. The summed E-state index contributed by atoms with van der Waals surface area (Å²) in [6.45, 7) is 8.57. The van der Waals surface area contributed by atoms with Gasteiger partial charge in [-0.15, -0.1) is 0 Å². The molecular weight excluding hydrogens is 344 g/mol. The number of hydrogen-bond acceptors (Lipinski definition) is 5. The summed E-state index contributed by atoms with van der Waals surface area (Å²) in [4.78, 5) is 12.0. The summed E-state index contributed by atoms with van der Waals surface area (Å²) in [5.74, 6) is 1.51. The van der Waals surface area contributed by atoms with E-state index in [1.807, 2.05) is 19.1 Å². The highest BCUT2D eigenvalue weighted by molar-refractivity contribution is 5.26. The van der Waals surface area contributed by atoms with E-state index in [9.17, 15) is 0 Å². The molecule has 4 aliphatic heterocycles. The Bertz CT molecular complexity index is 705. The number of ether oxygens (including phenoxy) is 3. The summed E-state index contributed by atoms with van der Waals surface area (Å²) in [6.07, 6.45) is 3.34. The molecule has 6 rings (SSSR count). The smallest absolute Gasteiger partial charge is 0.205 e. The summed E-state index contributed by atoms with van der Waals surface area (Å²) in [5, 5.41) is 0. The molecule has 0 amide bonds. The van der Waals surface area contributed by atoms with Gasteiger partial charge in [-0.2, -0.15) is 0 Å². The SMILES string of the molecule is Cc1ccc(O[C@@H]2O[C@@H]3O[C@]4(C)CC[C@H]5[C@H](C)CC[C@@H]([C@H]2C)[C@@]35OO4)cc1. The molecule has 1 saturated carbocycles. The monoisotopic (exact) mass is 374 g/mol. The standard InChI is InChI=1S/C22H30O5/c1-13-5-8-16(9-6-13)23-19-15(3)18-10-7-14(2)17-11-12-21(4)25-20(24-19)22(17,18)27-26-21/h5-6,8-9,14-15,17-20H,7,10-12H2,1-4H3/t14-,15-,17+,18+,19-,20-,21+,22-/m1/s1. The number of fused-ring (bicyclic) bond motifs is 2. The first-order chi connectivity index (χ1) is 12.9. The highest BCUT2D eigenvalue weighted by atomic mass is 17.3. The lowest BCUT2D eigenvalue weighted by Crippen LogP contribution is -2.70. The summed E-state index contributed by atoms with van der Waals surface area (Å²) in [6, 6.07) is 8.13. The molecule has 1 aromatic carbocycles. The van der Waals surface area contributed by atoms with Crippen molar-refractivity contribution < 1.29 is 24.0 Å². The zero-order chi connectivity index (χ0) is 18.8. The van der Waals surface area contributed by atoms with Crippen molar-refractivity contribution >= 4 is 0 Å². The van der Waals surface area contributed by atoms with Gasteiger partial charge < -0.3 is 14.2 Å². The summed E-state index contributed by atoms with van der Waals surface area (Å²) >= 11 is 0. The first-order valence-electron chi connectivity index (χ1n) is 10.3. The van der Waals surface area contributed by atoms with E-state index in [1.165, 1.54) is 12.0 Å². The molecule has 148 valence electrons. The van der Waals surface area contributed by atoms with Crippen LogP contribution < -0.4 is 4.74 Å². The van der Waals surface area contributed by atoms with Crippen molar-refractivity contribution in [3.05, 3.63) is 29.8 Å². The van der Waals surface area contributed by atoms with Crippen LogP contribution in [0.3, 0.4) is 0 Å². The Labute approximate surface area is 161 Å².